The Bertz CT molecular complexity index is 953. The third-order valence-corrected chi connectivity index (χ3v) is 6.97. The molecule has 33 heavy (non-hydrogen) atoms. The van der Waals surface area contributed by atoms with Crippen LogP contribution in [0.25, 0.3) is 0 Å². The minimum absolute atomic E-state index is 0.0115. The maximum absolute atomic E-state index is 13.0. The Balaban J connectivity index is 1.82. The third kappa shape index (κ3) is 3.95. The van der Waals surface area contributed by atoms with E-state index in [1.54, 1.807) is 19.9 Å². The fourth-order valence-electron chi connectivity index (χ4n) is 4.66. The van der Waals surface area contributed by atoms with Crippen molar-refractivity contribution in [2.24, 2.45) is 5.92 Å². The highest BCUT2D eigenvalue weighted by Crippen LogP contribution is 2.51. The fraction of sp³-hybridized carbons (Fsp3) is 0.652. The van der Waals surface area contributed by atoms with Crippen molar-refractivity contribution in [3.05, 3.63) is 23.8 Å². The fourth-order valence-corrected chi connectivity index (χ4v) is 4.66. The molecule has 0 aromatic heterocycles. The number of hydrogen-bond acceptors (Lipinski definition) is 10. The minimum Gasteiger partial charge on any atom is -0.466 e. The van der Waals surface area contributed by atoms with Crippen molar-refractivity contribution in [1.82, 2.24) is 0 Å². The lowest BCUT2D eigenvalue weighted by molar-refractivity contribution is -0.174. The van der Waals surface area contributed by atoms with Crippen LogP contribution in [0.15, 0.2) is 23.8 Å². The van der Waals surface area contributed by atoms with E-state index in [9.17, 15) is 19.2 Å². The molecular weight excluding hydrogens is 436 g/mol. The van der Waals surface area contributed by atoms with Gasteiger partial charge in [-0.1, -0.05) is 12.7 Å². The molecule has 0 aromatic rings. The van der Waals surface area contributed by atoms with Crippen LogP contribution in [0.4, 0.5) is 0 Å². The van der Waals surface area contributed by atoms with Gasteiger partial charge in [-0.3, -0.25) is 4.79 Å². The summed E-state index contributed by atoms with van der Waals surface area (Å²) in [6, 6.07) is 0. The zero-order chi connectivity index (χ0) is 24.3. The largest absolute Gasteiger partial charge is 0.466 e. The average Bonchev–Trinajstić information content (AvgIpc) is 3.57. The lowest BCUT2D eigenvalue weighted by Gasteiger charge is -2.34. The average molecular weight is 464 g/mol. The summed E-state index contributed by atoms with van der Waals surface area (Å²) in [4.78, 5) is 50.4. The highest BCUT2D eigenvalue weighted by Gasteiger charge is 2.65. The van der Waals surface area contributed by atoms with E-state index in [4.69, 9.17) is 28.4 Å². The lowest BCUT2D eigenvalue weighted by Crippen LogP contribution is -2.49. The summed E-state index contributed by atoms with van der Waals surface area (Å²) < 4.78 is 33.1. The molecule has 0 aromatic carbocycles. The van der Waals surface area contributed by atoms with Gasteiger partial charge in [0, 0.05) is 12.5 Å². The van der Waals surface area contributed by atoms with Crippen molar-refractivity contribution >= 4 is 23.9 Å². The van der Waals surface area contributed by atoms with Crippen molar-refractivity contribution in [3.63, 3.8) is 0 Å². The molecule has 4 rings (SSSR count). The normalized spacial score (nSPS) is 43.1. The SMILES string of the molecule is C=C1C(=O)O[C@H]2[C@H]1[C@H](OC(C)=O)[C@@H](OC(=O)[C@]1(C)O[C@@H]1C)/C(C(=O)OC)=C\CC[C@@]1(C)O[C@H]21. The zero-order valence-electron chi connectivity index (χ0n) is 19.2. The molecule has 3 aliphatic heterocycles. The lowest BCUT2D eigenvalue weighted by atomic mass is 9.80. The smallest absolute Gasteiger partial charge is 0.341 e. The first-order valence-corrected chi connectivity index (χ1v) is 10.8. The summed E-state index contributed by atoms with van der Waals surface area (Å²) in [5, 5.41) is 0. The van der Waals surface area contributed by atoms with Gasteiger partial charge in [-0.15, -0.1) is 0 Å². The predicted molar refractivity (Wildman–Crippen MR) is 110 cm³/mol. The Morgan fingerprint density at radius 2 is 1.85 bits per heavy atom. The molecule has 3 heterocycles. The molecule has 3 saturated heterocycles. The van der Waals surface area contributed by atoms with E-state index in [2.05, 4.69) is 6.58 Å². The van der Waals surface area contributed by atoms with Crippen LogP contribution in [0.5, 0.6) is 0 Å². The molecule has 4 aliphatic rings. The maximum atomic E-state index is 13.0. The van der Waals surface area contributed by atoms with Gasteiger partial charge < -0.3 is 28.4 Å². The standard InChI is InChI=1S/C23H28O10/c1-10-14-16(29-12(3)24)15(31-21(27)23(5)11(2)32-23)13(20(26)28-6)8-7-9-22(4)18(33-22)17(14)30-19(10)25/h8,11,14-18H,1,7,9H2,2-6H3/b13-8+/t11-,14-,15+,16+,17+,18-,22-,23-/m1/s1. The van der Waals surface area contributed by atoms with E-state index >= 15 is 0 Å². The maximum Gasteiger partial charge on any atom is 0.341 e. The van der Waals surface area contributed by atoms with Crippen LogP contribution in [0.3, 0.4) is 0 Å². The topological polar surface area (TPSA) is 130 Å². The van der Waals surface area contributed by atoms with Gasteiger partial charge in [-0.05, 0) is 33.6 Å². The van der Waals surface area contributed by atoms with Crippen LogP contribution >= 0.6 is 0 Å². The van der Waals surface area contributed by atoms with E-state index in [-0.39, 0.29) is 17.3 Å². The number of rotatable bonds is 4. The second kappa shape index (κ2) is 7.95. The summed E-state index contributed by atoms with van der Waals surface area (Å²) in [6.45, 7) is 10.2. The quantitative estimate of drug-likeness (QED) is 0.258. The zero-order valence-corrected chi connectivity index (χ0v) is 19.2. The second-order valence-corrected chi connectivity index (χ2v) is 9.23. The van der Waals surface area contributed by atoms with Crippen LogP contribution < -0.4 is 0 Å². The molecular formula is C23H28O10. The Morgan fingerprint density at radius 3 is 2.42 bits per heavy atom. The van der Waals surface area contributed by atoms with Crippen LogP contribution in [0, 0.1) is 5.92 Å². The molecule has 3 fully saturated rings. The Labute approximate surface area is 191 Å². The van der Waals surface area contributed by atoms with Crippen LogP contribution in [0.2, 0.25) is 0 Å². The van der Waals surface area contributed by atoms with E-state index in [1.807, 2.05) is 6.92 Å². The second-order valence-electron chi connectivity index (χ2n) is 9.23. The summed E-state index contributed by atoms with van der Waals surface area (Å²) in [5.74, 6) is -3.77. The molecule has 0 bridgehead atoms. The van der Waals surface area contributed by atoms with Gasteiger partial charge in [0.1, 0.15) is 12.2 Å². The van der Waals surface area contributed by atoms with Gasteiger partial charge >= 0.3 is 23.9 Å². The van der Waals surface area contributed by atoms with E-state index in [1.165, 1.54) is 14.0 Å². The number of carbonyl (C=O) groups is 4. The number of carbonyl (C=O) groups excluding carboxylic acids is 4. The van der Waals surface area contributed by atoms with E-state index < -0.39 is 65.4 Å². The molecule has 10 nitrogen and oxygen atoms in total. The molecule has 1 aliphatic carbocycles. The first-order chi connectivity index (χ1) is 15.4. The van der Waals surface area contributed by atoms with E-state index in [0.717, 1.165) is 0 Å². The molecule has 0 saturated carbocycles. The summed E-state index contributed by atoms with van der Waals surface area (Å²) in [5.41, 5.74) is -1.77. The summed E-state index contributed by atoms with van der Waals surface area (Å²) >= 11 is 0. The first kappa shape index (κ1) is 23.4. The highest BCUT2D eigenvalue weighted by atomic mass is 16.7. The molecule has 8 atom stereocenters. The number of esters is 4. The van der Waals surface area contributed by atoms with Crippen molar-refractivity contribution in [3.8, 4) is 0 Å². The third-order valence-electron chi connectivity index (χ3n) is 6.97. The van der Waals surface area contributed by atoms with Gasteiger partial charge in [-0.2, -0.15) is 0 Å². The van der Waals surface area contributed by atoms with Crippen molar-refractivity contribution in [1.29, 1.82) is 0 Å². The van der Waals surface area contributed by atoms with Crippen molar-refractivity contribution in [2.45, 2.75) is 82.3 Å². The van der Waals surface area contributed by atoms with Gasteiger partial charge in [0.25, 0.3) is 0 Å². The molecule has 0 amide bonds. The predicted octanol–water partition coefficient (Wildman–Crippen LogP) is 1.16. The van der Waals surface area contributed by atoms with Crippen LogP contribution in [-0.2, 0) is 47.6 Å². The molecule has 0 N–H and O–H groups in total. The minimum atomic E-state index is -1.39. The molecule has 0 unspecified atom stereocenters. The van der Waals surface area contributed by atoms with Crippen molar-refractivity contribution < 1.29 is 47.6 Å². The number of epoxide rings is 2. The van der Waals surface area contributed by atoms with Crippen molar-refractivity contribution in [2.75, 3.05) is 7.11 Å². The first-order valence-electron chi connectivity index (χ1n) is 10.8. The van der Waals surface area contributed by atoms with Gasteiger partial charge in [0.2, 0.25) is 0 Å². The molecule has 0 spiro atoms. The van der Waals surface area contributed by atoms with Gasteiger partial charge in [0.05, 0.1) is 30.3 Å². The van der Waals surface area contributed by atoms with Crippen LogP contribution in [0.1, 0.15) is 40.5 Å². The summed E-state index contributed by atoms with van der Waals surface area (Å²) in [6.07, 6.45) is -1.86. The number of hydrogen-bond donors (Lipinski definition) is 0. The highest BCUT2D eigenvalue weighted by molar-refractivity contribution is 5.93. The van der Waals surface area contributed by atoms with Gasteiger partial charge in [-0.25, -0.2) is 14.4 Å². The van der Waals surface area contributed by atoms with Gasteiger partial charge in [0.15, 0.2) is 17.8 Å². The Kier molecular flexibility index (Phi) is 5.65. The molecule has 180 valence electrons. The van der Waals surface area contributed by atoms with Crippen LogP contribution in [-0.4, -0.2) is 72.7 Å². The monoisotopic (exact) mass is 464 g/mol. The van der Waals surface area contributed by atoms with E-state index in [0.29, 0.717) is 12.8 Å². The summed E-state index contributed by atoms with van der Waals surface area (Å²) in [7, 11) is 1.19. The molecule has 10 heteroatoms. The Morgan fingerprint density at radius 1 is 1.18 bits per heavy atom. The number of allylic oxidation sites excluding steroid dienone is 1. The molecule has 0 radical (unpaired) electrons. The number of methoxy groups -OCH3 is 1. The Hall–Kier alpha value is -2.72. The number of ether oxygens (including phenoxy) is 6. The number of fused-ring (bicyclic) bond motifs is 3.